The number of benzene rings is 1. The predicted molar refractivity (Wildman–Crippen MR) is 78.4 cm³/mol. The molecular weight excluding hydrogens is 270 g/mol. The van der Waals surface area contributed by atoms with Crippen LogP contribution >= 0.6 is 0 Å². The average Bonchev–Trinajstić information content (AvgIpc) is 3.21. The Morgan fingerprint density at radius 1 is 1.29 bits per heavy atom. The normalized spacial score (nSPS) is 15.6. The molecule has 1 aromatic rings. The van der Waals surface area contributed by atoms with E-state index in [2.05, 4.69) is 5.32 Å². The molecule has 0 saturated heterocycles. The van der Waals surface area contributed by atoms with E-state index >= 15 is 0 Å². The van der Waals surface area contributed by atoms with Crippen LogP contribution in [-0.2, 0) is 4.79 Å². The largest absolute Gasteiger partial charge is 0.491 e. The highest BCUT2D eigenvalue weighted by Gasteiger charge is 2.33. The summed E-state index contributed by atoms with van der Waals surface area (Å²) < 4.78 is 5.52. The highest BCUT2D eigenvalue weighted by atomic mass is 16.5. The summed E-state index contributed by atoms with van der Waals surface area (Å²) >= 11 is 0. The van der Waals surface area contributed by atoms with E-state index in [0.717, 1.165) is 12.8 Å². The molecule has 1 aliphatic carbocycles. The van der Waals surface area contributed by atoms with E-state index in [1.807, 2.05) is 13.8 Å². The number of hydrogen-bond acceptors (Lipinski definition) is 3. The number of carbonyl (C=O) groups is 2. The van der Waals surface area contributed by atoms with E-state index in [0.29, 0.717) is 17.2 Å². The van der Waals surface area contributed by atoms with Crippen molar-refractivity contribution >= 4 is 11.9 Å². The van der Waals surface area contributed by atoms with Gasteiger partial charge in [0.25, 0.3) is 5.91 Å². The van der Waals surface area contributed by atoms with E-state index in [1.54, 1.807) is 24.3 Å². The number of carbonyl (C=O) groups excluding carboxylic acids is 1. The fraction of sp³-hybridized carbons (Fsp3) is 0.500. The van der Waals surface area contributed by atoms with Crippen molar-refractivity contribution in [2.45, 2.75) is 45.3 Å². The van der Waals surface area contributed by atoms with Gasteiger partial charge < -0.3 is 15.2 Å². The van der Waals surface area contributed by atoms with Gasteiger partial charge in [0.1, 0.15) is 5.75 Å². The summed E-state index contributed by atoms with van der Waals surface area (Å²) in [6.07, 6.45) is 2.03. The number of aliphatic carboxylic acids is 1. The first-order valence-corrected chi connectivity index (χ1v) is 7.25. The summed E-state index contributed by atoms with van der Waals surface area (Å²) in [5.74, 6) is -0.100. The molecule has 114 valence electrons. The first-order chi connectivity index (χ1) is 9.95. The van der Waals surface area contributed by atoms with Crippen molar-refractivity contribution in [2.75, 3.05) is 0 Å². The Morgan fingerprint density at radius 2 is 1.90 bits per heavy atom. The number of rotatable bonds is 7. The fourth-order valence-electron chi connectivity index (χ4n) is 2.23. The smallest absolute Gasteiger partial charge is 0.305 e. The highest BCUT2D eigenvalue weighted by molar-refractivity contribution is 5.94. The monoisotopic (exact) mass is 291 g/mol. The molecule has 21 heavy (non-hydrogen) atoms. The summed E-state index contributed by atoms with van der Waals surface area (Å²) in [6.45, 7) is 3.87. The third-order valence-corrected chi connectivity index (χ3v) is 3.39. The SMILES string of the molecule is CC(C)Oc1ccc(C(=O)NC(CC(=O)O)C2CC2)cc1. The lowest BCUT2D eigenvalue weighted by atomic mass is 10.1. The van der Waals surface area contributed by atoms with Crippen LogP contribution in [-0.4, -0.2) is 29.1 Å². The summed E-state index contributed by atoms with van der Waals surface area (Å²) in [7, 11) is 0. The van der Waals surface area contributed by atoms with Crippen LogP contribution in [0.25, 0.3) is 0 Å². The maximum Gasteiger partial charge on any atom is 0.305 e. The number of ether oxygens (including phenoxy) is 1. The van der Waals surface area contributed by atoms with Crippen LogP contribution in [0, 0.1) is 5.92 Å². The van der Waals surface area contributed by atoms with Gasteiger partial charge in [-0.2, -0.15) is 0 Å². The topological polar surface area (TPSA) is 75.6 Å². The number of carboxylic acids is 1. The second-order valence-electron chi connectivity index (χ2n) is 5.71. The standard InChI is InChI=1S/C16H21NO4/c1-10(2)21-13-7-5-12(6-8-13)16(20)17-14(9-15(18)19)11-3-4-11/h5-8,10-11,14H,3-4,9H2,1-2H3,(H,17,20)(H,18,19). The lowest BCUT2D eigenvalue weighted by Crippen LogP contribution is -2.38. The minimum Gasteiger partial charge on any atom is -0.491 e. The van der Waals surface area contributed by atoms with Crippen molar-refractivity contribution in [2.24, 2.45) is 5.92 Å². The molecule has 1 unspecified atom stereocenters. The molecule has 5 heteroatoms. The Morgan fingerprint density at radius 3 is 2.38 bits per heavy atom. The van der Waals surface area contributed by atoms with E-state index < -0.39 is 5.97 Å². The Hall–Kier alpha value is -2.04. The number of hydrogen-bond donors (Lipinski definition) is 2. The second kappa shape index (κ2) is 6.61. The van der Waals surface area contributed by atoms with Gasteiger partial charge in [-0.3, -0.25) is 9.59 Å². The van der Waals surface area contributed by atoms with Gasteiger partial charge in [0.15, 0.2) is 0 Å². The molecule has 1 atom stereocenters. The van der Waals surface area contributed by atoms with Gasteiger partial charge in [-0.05, 0) is 56.9 Å². The molecule has 0 radical (unpaired) electrons. The molecule has 0 bridgehead atoms. The summed E-state index contributed by atoms with van der Waals surface area (Å²) in [5.41, 5.74) is 0.516. The molecule has 1 amide bonds. The van der Waals surface area contributed by atoms with E-state index in [9.17, 15) is 9.59 Å². The second-order valence-corrected chi connectivity index (χ2v) is 5.71. The summed E-state index contributed by atoms with van der Waals surface area (Å²) in [5, 5.41) is 11.7. The van der Waals surface area contributed by atoms with E-state index in [-0.39, 0.29) is 24.5 Å². The van der Waals surface area contributed by atoms with E-state index in [1.165, 1.54) is 0 Å². The first kappa shape index (κ1) is 15.4. The molecule has 0 spiro atoms. The molecule has 1 saturated carbocycles. The molecule has 2 N–H and O–H groups in total. The molecule has 0 aromatic heterocycles. The van der Waals surface area contributed by atoms with Gasteiger partial charge in [-0.15, -0.1) is 0 Å². The van der Waals surface area contributed by atoms with Crippen LogP contribution < -0.4 is 10.1 Å². The maximum absolute atomic E-state index is 12.2. The van der Waals surface area contributed by atoms with Crippen molar-refractivity contribution in [1.29, 1.82) is 0 Å². The third kappa shape index (κ3) is 4.77. The molecule has 0 heterocycles. The van der Waals surface area contributed by atoms with Crippen LogP contribution in [0.3, 0.4) is 0 Å². The van der Waals surface area contributed by atoms with Crippen molar-refractivity contribution in [3.05, 3.63) is 29.8 Å². The zero-order valence-corrected chi connectivity index (χ0v) is 12.3. The average molecular weight is 291 g/mol. The maximum atomic E-state index is 12.2. The molecule has 2 rings (SSSR count). The van der Waals surface area contributed by atoms with Crippen molar-refractivity contribution < 1.29 is 19.4 Å². The number of nitrogens with one attached hydrogen (secondary N) is 1. The van der Waals surface area contributed by atoms with Crippen LogP contribution in [0.2, 0.25) is 0 Å². The lowest BCUT2D eigenvalue weighted by molar-refractivity contribution is -0.137. The Kier molecular flexibility index (Phi) is 4.83. The zero-order chi connectivity index (χ0) is 15.4. The lowest BCUT2D eigenvalue weighted by Gasteiger charge is -2.16. The molecule has 1 aliphatic rings. The summed E-state index contributed by atoms with van der Waals surface area (Å²) in [4.78, 5) is 23.0. The molecule has 5 nitrogen and oxygen atoms in total. The van der Waals surface area contributed by atoms with Crippen LogP contribution in [0.15, 0.2) is 24.3 Å². The summed E-state index contributed by atoms with van der Waals surface area (Å²) in [6, 6.07) is 6.60. The van der Waals surface area contributed by atoms with Gasteiger partial charge >= 0.3 is 5.97 Å². The Labute approximate surface area is 124 Å². The van der Waals surface area contributed by atoms with Crippen LogP contribution in [0.4, 0.5) is 0 Å². The van der Waals surface area contributed by atoms with Gasteiger partial charge in [0, 0.05) is 11.6 Å². The third-order valence-electron chi connectivity index (χ3n) is 3.39. The van der Waals surface area contributed by atoms with Gasteiger partial charge in [0.05, 0.1) is 12.5 Å². The predicted octanol–water partition coefficient (Wildman–Crippen LogP) is 2.46. The molecule has 0 aliphatic heterocycles. The Bertz CT molecular complexity index is 506. The Balaban J connectivity index is 1.96. The van der Waals surface area contributed by atoms with Gasteiger partial charge in [0.2, 0.25) is 0 Å². The minimum atomic E-state index is -0.882. The van der Waals surface area contributed by atoms with Crippen molar-refractivity contribution in [1.82, 2.24) is 5.32 Å². The quantitative estimate of drug-likeness (QED) is 0.809. The molecule has 1 aromatic carbocycles. The minimum absolute atomic E-state index is 0.0229. The van der Waals surface area contributed by atoms with Crippen molar-refractivity contribution in [3.63, 3.8) is 0 Å². The van der Waals surface area contributed by atoms with Gasteiger partial charge in [-0.25, -0.2) is 0 Å². The molecule has 1 fully saturated rings. The fourth-order valence-corrected chi connectivity index (χ4v) is 2.23. The highest BCUT2D eigenvalue weighted by Crippen LogP contribution is 2.34. The first-order valence-electron chi connectivity index (χ1n) is 7.25. The van der Waals surface area contributed by atoms with Gasteiger partial charge in [-0.1, -0.05) is 0 Å². The van der Waals surface area contributed by atoms with Crippen molar-refractivity contribution in [3.8, 4) is 5.75 Å². The number of carboxylic acid groups (broad SMARTS) is 1. The van der Waals surface area contributed by atoms with E-state index in [4.69, 9.17) is 9.84 Å². The zero-order valence-electron chi connectivity index (χ0n) is 12.3. The van der Waals surface area contributed by atoms with Crippen LogP contribution in [0.5, 0.6) is 5.75 Å². The number of amides is 1. The van der Waals surface area contributed by atoms with Crippen LogP contribution in [0.1, 0.15) is 43.5 Å². The molecular formula is C16H21NO4.